The number of hydrogen-bond acceptors (Lipinski definition) is 7. The summed E-state index contributed by atoms with van der Waals surface area (Å²) < 4.78 is 33.0. The molecule has 0 radical (unpaired) electrons. The van der Waals surface area contributed by atoms with Crippen LogP contribution in [0.4, 0.5) is 11.6 Å². The van der Waals surface area contributed by atoms with Crippen LogP contribution >= 0.6 is 0 Å². The molecule has 8 nitrogen and oxygen atoms in total. The van der Waals surface area contributed by atoms with Gasteiger partial charge < -0.3 is 15.0 Å². The number of rotatable bonds is 8. The van der Waals surface area contributed by atoms with Crippen LogP contribution in [0, 0.1) is 13.8 Å². The molecular weight excluding hydrogens is 378 g/mol. The summed E-state index contributed by atoms with van der Waals surface area (Å²) in [6.45, 7) is 6.35. The number of nitrogens with one attached hydrogen (secondary N) is 2. The fourth-order valence-electron chi connectivity index (χ4n) is 3.20. The average molecular weight is 406 g/mol. The van der Waals surface area contributed by atoms with Gasteiger partial charge in [0.05, 0.1) is 7.11 Å². The summed E-state index contributed by atoms with van der Waals surface area (Å²) in [7, 11) is -2.21. The number of anilines is 2. The van der Waals surface area contributed by atoms with E-state index in [0.717, 1.165) is 24.5 Å². The van der Waals surface area contributed by atoms with Gasteiger partial charge in [0, 0.05) is 32.2 Å². The van der Waals surface area contributed by atoms with E-state index in [1.807, 2.05) is 26.0 Å². The average Bonchev–Trinajstić information content (AvgIpc) is 3.20. The lowest BCUT2D eigenvalue weighted by atomic mass is 10.2. The van der Waals surface area contributed by atoms with Gasteiger partial charge in [0.15, 0.2) is 0 Å². The van der Waals surface area contributed by atoms with Gasteiger partial charge >= 0.3 is 0 Å². The van der Waals surface area contributed by atoms with Gasteiger partial charge in [-0.05, 0) is 44.4 Å². The van der Waals surface area contributed by atoms with Crippen LogP contribution in [-0.4, -0.2) is 51.7 Å². The van der Waals surface area contributed by atoms with Gasteiger partial charge in [-0.25, -0.2) is 23.1 Å². The molecule has 0 bridgehead atoms. The van der Waals surface area contributed by atoms with Crippen molar-refractivity contribution in [1.29, 1.82) is 0 Å². The highest BCUT2D eigenvalue weighted by atomic mass is 32.2. The van der Waals surface area contributed by atoms with Gasteiger partial charge in [0.1, 0.15) is 28.1 Å². The number of benzene rings is 1. The van der Waals surface area contributed by atoms with E-state index in [9.17, 15) is 8.42 Å². The third-order valence-electron chi connectivity index (χ3n) is 4.59. The molecule has 1 aromatic heterocycles. The molecule has 0 spiro atoms. The van der Waals surface area contributed by atoms with Crippen LogP contribution in [0.15, 0.2) is 29.2 Å². The quantitative estimate of drug-likeness (QED) is 0.649. The summed E-state index contributed by atoms with van der Waals surface area (Å²) >= 11 is 0. The second-order valence-corrected chi connectivity index (χ2v) is 8.57. The van der Waals surface area contributed by atoms with E-state index in [4.69, 9.17) is 4.74 Å². The lowest BCUT2D eigenvalue weighted by molar-refractivity contribution is 0.402. The maximum Gasteiger partial charge on any atom is 0.244 e. The zero-order chi connectivity index (χ0) is 20.1. The number of hydrogen-bond donors (Lipinski definition) is 2. The highest BCUT2D eigenvalue weighted by molar-refractivity contribution is 7.89. The van der Waals surface area contributed by atoms with Gasteiger partial charge in [0.2, 0.25) is 10.0 Å². The van der Waals surface area contributed by atoms with Crippen molar-refractivity contribution in [3.8, 4) is 5.75 Å². The minimum Gasteiger partial charge on any atom is -0.495 e. The molecule has 2 heterocycles. The van der Waals surface area contributed by atoms with Crippen molar-refractivity contribution >= 4 is 21.7 Å². The van der Waals surface area contributed by atoms with Crippen molar-refractivity contribution in [3.63, 3.8) is 0 Å². The Kier molecular flexibility index (Phi) is 6.35. The lowest BCUT2D eigenvalue weighted by Gasteiger charge is -2.18. The molecule has 28 heavy (non-hydrogen) atoms. The first kappa shape index (κ1) is 20.3. The summed E-state index contributed by atoms with van der Waals surface area (Å²) in [5.74, 6) is 2.63. The summed E-state index contributed by atoms with van der Waals surface area (Å²) in [5.41, 5.74) is 0.852. The molecule has 3 rings (SSSR count). The topological polar surface area (TPSA) is 96.5 Å². The minimum absolute atomic E-state index is 0.143. The highest BCUT2D eigenvalue weighted by Crippen LogP contribution is 2.24. The Labute approximate surface area is 166 Å². The van der Waals surface area contributed by atoms with Crippen LogP contribution in [0.1, 0.15) is 24.2 Å². The Bertz CT molecular complexity index is 927. The maximum atomic E-state index is 12.6. The highest BCUT2D eigenvalue weighted by Gasteiger charge is 2.19. The van der Waals surface area contributed by atoms with Crippen LogP contribution < -0.4 is 19.7 Å². The zero-order valence-electron chi connectivity index (χ0n) is 16.5. The first-order chi connectivity index (χ1) is 13.4. The largest absolute Gasteiger partial charge is 0.495 e. The van der Waals surface area contributed by atoms with E-state index in [2.05, 4.69) is 24.9 Å². The first-order valence-corrected chi connectivity index (χ1v) is 10.9. The van der Waals surface area contributed by atoms with Crippen molar-refractivity contribution in [2.75, 3.05) is 43.5 Å². The third-order valence-corrected chi connectivity index (χ3v) is 6.07. The van der Waals surface area contributed by atoms with Gasteiger partial charge in [-0.1, -0.05) is 6.07 Å². The van der Waals surface area contributed by atoms with E-state index >= 15 is 0 Å². The second-order valence-electron chi connectivity index (χ2n) is 6.83. The molecule has 0 amide bonds. The predicted octanol–water partition coefficient (Wildman–Crippen LogP) is 2.09. The molecule has 9 heteroatoms. The summed E-state index contributed by atoms with van der Waals surface area (Å²) in [6.07, 6.45) is 2.35. The molecule has 2 aromatic rings. The number of nitrogens with zero attached hydrogens (tertiary/aromatic N) is 3. The van der Waals surface area contributed by atoms with Crippen molar-refractivity contribution < 1.29 is 13.2 Å². The van der Waals surface area contributed by atoms with Gasteiger partial charge in [0.25, 0.3) is 0 Å². The smallest absolute Gasteiger partial charge is 0.244 e. The fraction of sp³-hybridized carbons (Fsp3) is 0.474. The van der Waals surface area contributed by atoms with E-state index in [1.165, 1.54) is 20.0 Å². The Morgan fingerprint density at radius 2 is 1.86 bits per heavy atom. The maximum absolute atomic E-state index is 12.6. The van der Waals surface area contributed by atoms with Crippen LogP contribution in [0.2, 0.25) is 0 Å². The molecule has 0 atom stereocenters. The third kappa shape index (κ3) is 4.90. The number of ether oxygens (including phenoxy) is 1. The molecule has 0 unspecified atom stereocenters. The van der Waals surface area contributed by atoms with Crippen molar-refractivity contribution in [1.82, 2.24) is 14.7 Å². The molecule has 1 aliphatic rings. The number of sulfonamides is 1. The molecular formula is C19H27N5O3S. The monoisotopic (exact) mass is 405 g/mol. The molecule has 1 saturated heterocycles. The van der Waals surface area contributed by atoms with E-state index < -0.39 is 10.0 Å². The normalized spacial score (nSPS) is 14.3. The zero-order valence-corrected chi connectivity index (χ0v) is 17.3. The summed E-state index contributed by atoms with van der Waals surface area (Å²) in [5, 5.41) is 3.18. The Morgan fingerprint density at radius 1 is 1.11 bits per heavy atom. The number of aryl methyl sites for hydroxylation is 2. The van der Waals surface area contributed by atoms with Crippen molar-refractivity contribution in [2.45, 2.75) is 31.6 Å². The van der Waals surface area contributed by atoms with Crippen LogP contribution in [0.25, 0.3) is 0 Å². The van der Waals surface area contributed by atoms with Gasteiger partial charge in [-0.2, -0.15) is 0 Å². The van der Waals surface area contributed by atoms with Crippen LogP contribution in [0.3, 0.4) is 0 Å². The van der Waals surface area contributed by atoms with E-state index in [-0.39, 0.29) is 11.4 Å². The van der Waals surface area contributed by atoms with Crippen LogP contribution in [0.5, 0.6) is 5.75 Å². The standard InChI is InChI=1S/C19H27N5O3S/c1-14-6-7-16(27-3)17(12-14)28(25,26)21-9-8-20-18-13-19(23-15(2)22-18)24-10-4-5-11-24/h6-7,12-13,21H,4-5,8-11H2,1-3H3,(H,20,22,23). The Morgan fingerprint density at radius 3 is 2.57 bits per heavy atom. The molecule has 0 aliphatic carbocycles. The van der Waals surface area contributed by atoms with Crippen LogP contribution in [-0.2, 0) is 10.0 Å². The molecule has 1 aliphatic heterocycles. The van der Waals surface area contributed by atoms with Gasteiger partial charge in [-0.3, -0.25) is 0 Å². The molecule has 152 valence electrons. The minimum atomic E-state index is -3.67. The Hall–Kier alpha value is -2.39. The lowest BCUT2D eigenvalue weighted by Crippen LogP contribution is -2.29. The molecule has 2 N–H and O–H groups in total. The predicted molar refractivity (Wildman–Crippen MR) is 110 cm³/mol. The van der Waals surface area contributed by atoms with Crippen molar-refractivity contribution in [2.24, 2.45) is 0 Å². The SMILES string of the molecule is COc1ccc(C)cc1S(=O)(=O)NCCNc1cc(N2CCCC2)nc(C)n1. The molecule has 1 aromatic carbocycles. The second kappa shape index (κ2) is 8.74. The number of methoxy groups -OCH3 is 1. The fourth-order valence-corrected chi connectivity index (χ4v) is 4.48. The van der Waals surface area contributed by atoms with Gasteiger partial charge in [-0.15, -0.1) is 0 Å². The van der Waals surface area contributed by atoms with E-state index in [0.29, 0.717) is 23.9 Å². The van der Waals surface area contributed by atoms with E-state index in [1.54, 1.807) is 12.1 Å². The van der Waals surface area contributed by atoms with Crippen molar-refractivity contribution in [3.05, 3.63) is 35.7 Å². The Balaban J connectivity index is 1.60. The number of aromatic nitrogens is 2. The molecule has 1 fully saturated rings. The first-order valence-electron chi connectivity index (χ1n) is 9.38. The summed E-state index contributed by atoms with van der Waals surface area (Å²) in [4.78, 5) is 11.3. The molecule has 0 saturated carbocycles. The summed E-state index contributed by atoms with van der Waals surface area (Å²) in [6, 6.07) is 6.99.